The first kappa shape index (κ1) is 9.05. The summed E-state index contributed by atoms with van der Waals surface area (Å²) >= 11 is 0. The van der Waals surface area contributed by atoms with Gasteiger partial charge in [0.05, 0.1) is 0 Å². The minimum atomic E-state index is 0.810. The van der Waals surface area contributed by atoms with E-state index in [0.717, 1.165) is 30.2 Å². The second kappa shape index (κ2) is 3.57. The Morgan fingerprint density at radius 3 is 2.36 bits per heavy atom. The van der Waals surface area contributed by atoms with E-state index >= 15 is 0 Å². The predicted molar refractivity (Wildman–Crippen MR) is 49.3 cm³/mol. The fourth-order valence-electron chi connectivity index (χ4n) is 2.80. The highest BCUT2D eigenvalue weighted by molar-refractivity contribution is 4.84. The van der Waals surface area contributed by atoms with Crippen molar-refractivity contribution < 1.29 is 0 Å². The van der Waals surface area contributed by atoms with Crippen LogP contribution in [-0.2, 0) is 0 Å². The van der Waals surface area contributed by atoms with Gasteiger partial charge in [-0.3, -0.25) is 0 Å². The summed E-state index contributed by atoms with van der Waals surface area (Å²) in [6.45, 7) is 7.93. The summed E-state index contributed by atoms with van der Waals surface area (Å²) in [5, 5.41) is 0. The number of nitrogens with two attached hydrogens (primary N) is 1. The molecule has 2 N–H and O–H groups in total. The molecule has 1 aliphatic carbocycles. The molecule has 0 amide bonds. The van der Waals surface area contributed by atoms with Crippen molar-refractivity contribution in [1.29, 1.82) is 0 Å². The van der Waals surface area contributed by atoms with E-state index in [1.165, 1.54) is 12.8 Å². The number of hydrogen-bond donors (Lipinski definition) is 1. The van der Waals surface area contributed by atoms with Crippen LogP contribution in [0.15, 0.2) is 0 Å². The maximum atomic E-state index is 5.72. The minimum absolute atomic E-state index is 0.810. The summed E-state index contributed by atoms with van der Waals surface area (Å²) in [5.74, 6) is 3.43. The van der Waals surface area contributed by atoms with Gasteiger partial charge < -0.3 is 5.73 Å². The molecule has 0 heterocycles. The van der Waals surface area contributed by atoms with Crippen LogP contribution in [-0.4, -0.2) is 6.54 Å². The van der Waals surface area contributed by atoms with Crippen molar-refractivity contribution >= 4 is 0 Å². The van der Waals surface area contributed by atoms with Crippen molar-refractivity contribution in [3.63, 3.8) is 0 Å². The minimum Gasteiger partial charge on any atom is -0.330 e. The first-order chi connectivity index (χ1) is 5.16. The van der Waals surface area contributed by atoms with Gasteiger partial charge in [-0.05, 0) is 36.6 Å². The standard InChI is InChI=1S/C10H21N/c1-7(2)10-8(3)4-5-9(10)6-11/h7-10H,4-6,11H2,1-3H3. The molecule has 0 radical (unpaired) electrons. The van der Waals surface area contributed by atoms with Gasteiger partial charge in [0, 0.05) is 0 Å². The lowest BCUT2D eigenvalue weighted by molar-refractivity contribution is 0.247. The van der Waals surface area contributed by atoms with Crippen LogP contribution >= 0.6 is 0 Å². The fourth-order valence-corrected chi connectivity index (χ4v) is 2.80. The summed E-state index contributed by atoms with van der Waals surface area (Å²) in [6.07, 6.45) is 2.76. The van der Waals surface area contributed by atoms with Crippen molar-refractivity contribution in [2.75, 3.05) is 6.54 Å². The van der Waals surface area contributed by atoms with Crippen LogP contribution in [0.1, 0.15) is 33.6 Å². The van der Waals surface area contributed by atoms with Crippen molar-refractivity contribution in [3.8, 4) is 0 Å². The first-order valence-electron chi connectivity index (χ1n) is 4.87. The van der Waals surface area contributed by atoms with E-state index in [1.807, 2.05) is 0 Å². The van der Waals surface area contributed by atoms with Crippen LogP contribution in [0.4, 0.5) is 0 Å². The zero-order valence-electron chi connectivity index (χ0n) is 8.01. The predicted octanol–water partition coefficient (Wildman–Crippen LogP) is 2.26. The van der Waals surface area contributed by atoms with E-state index in [4.69, 9.17) is 5.73 Å². The summed E-state index contributed by atoms with van der Waals surface area (Å²) in [4.78, 5) is 0. The van der Waals surface area contributed by atoms with E-state index in [0.29, 0.717) is 0 Å². The van der Waals surface area contributed by atoms with E-state index in [1.54, 1.807) is 0 Å². The molecule has 0 aliphatic heterocycles. The topological polar surface area (TPSA) is 26.0 Å². The quantitative estimate of drug-likeness (QED) is 0.650. The molecule has 0 spiro atoms. The van der Waals surface area contributed by atoms with E-state index in [2.05, 4.69) is 20.8 Å². The molecule has 66 valence electrons. The molecule has 3 unspecified atom stereocenters. The maximum absolute atomic E-state index is 5.72. The van der Waals surface area contributed by atoms with Crippen molar-refractivity contribution in [2.45, 2.75) is 33.6 Å². The fraction of sp³-hybridized carbons (Fsp3) is 1.00. The van der Waals surface area contributed by atoms with E-state index in [-0.39, 0.29) is 0 Å². The van der Waals surface area contributed by atoms with Gasteiger partial charge in [0.1, 0.15) is 0 Å². The van der Waals surface area contributed by atoms with Crippen LogP contribution in [0.5, 0.6) is 0 Å². The second-order valence-electron chi connectivity index (χ2n) is 4.37. The second-order valence-corrected chi connectivity index (χ2v) is 4.37. The van der Waals surface area contributed by atoms with Gasteiger partial charge in [-0.2, -0.15) is 0 Å². The van der Waals surface area contributed by atoms with Gasteiger partial charge in [0.2, 0.25) is 0 Å². The lowest BCUT2D eigenvalue weighted by Crippen LogP contribution is -2.25. The van der Waals surface area contributed by atoms with Crippen LogP contribution in [0.2, 0.25) is 0 Å². The van der Waals surface area contributed by atoms with Gasteiger partial charge >= 0.3 is 0 Å². The van der Waals surface area contributed by atoms with E-state index < -0.39 is 0 Å². The third-order valence-corrected chi connectivity index (χ3v) is 3.27. The Balaban J connectivity index is 2.56. The van der Waals surface area contributed by atoms with Crippen molar-refractivity contribution in [1.82, 2.24) is 0 Å². The highest BCUT2D eigenvalue weighted by atomic mass is 14.6. The largest absolute Gasteiger partial charge is 0.330 e. The zero-order chi connectivity index (χ0) is 8.43. The third-order valence-electron chi connectivity index (χ3n) is 3.27. The molecule has 0 aromatic heterocycles. The number of hydrogen-bond acceptors (Lipinski definition) is 1. The van der Waals surface area contributed by atoms with Crippen LogP contribution in [0.3, 0.4) is 0 Å². The highest BCUT2D eigenvalue weighted by Crippen LogP contribution is 2.40. The molecule has 1 aliphatic rings. The Morgan fingerprint density at radius 1 is 1.36 bits per heavy atom. The average Bonchev–Trinajstić information content (AvgIpc) is 2.30. The summed E-state index contributed by atoms with van der Waals surface area (Å²) < 4.78 is 0. The molecule has 1 nitrogen and oxygen atoms in total. The molecule has 0 aromatic rings. The zero-order valence-corrected chi connectivity index (χ0v) is 8.01. The molecule has 1 fully saturated rings. The van der Waals surface area contributed by atoms with Gasteiger partial charge in [-0.1, -0.05) is 27.2 Å². The summed E-state index contributed by atoms with van der Waals surface area (Å²) in [5.41, 5.74) is 5.72. The molecule has 11 heavy (non-hydrogen) atoms. The molecule has 1 heteroatoms. The lowest BCUT2D eigenvalue weighted by Gasteiger charge is -2.25. The molecule has 3 atom stereocenters. The molecule has 1 saturated carbocycles. The van der Waals surface area contributed by atoms with E-state index in [9.17, 15) is 0 Å². The molecular formula is C10H21N. The SMILES string of the molecule is CC(C)C1C(C)CCC1CN. The monoisotopic (exact) mass is 155 g/mol. The lowest BCUT2D eigenvalue weighted by atomic mass is 9.81. The Labute approximate surface area is 70.4 Å². The average molecular weight is 155 g/mol. The first-order valence-corrected chi connectivity index (χ1v) is 4.87. The normalized spacial score (nSPS) is 38.5. The molecule has 1 rings (SSSR count). The van der Waals surface area contributed by atoms with Gasteiger partial charge in [0.15, 0.2) is 0 Å². The number of rotatable bonds is 2. The highest BCUT2D eigenvalue weighted by Gasteiger charge is 2.33. The van der Waals surface area contributed by atoms with Gasteiger partial charge in [-0.25, -0.2) is 0 Å². The van der Waals surface area contributed by atoms with Gasteiger partial charge in [0.25, 0.3) is 0 Å². The third kappa shape index (κ3) is 1.76. The Morgan fingerprint density at radius 2 is 2.00 bits per heavy atom. The molecular weight excluding hydrogens is 134 g/mol. The Kier molecular flexibility index (Phi) is 2.94. The smallest absolute Gasteiger partial charge is 0.00460 e. The van der Waals surface area contributed by atoms with Crippen molar-refractivity contribution in [3.05, 3.63) is 0 Å². The van der Waals surface area contributed by atoms with Crippen LogP contribution in [0, 0.1) is 23.7 Å². The Hall–Kier alpha value is -0.0400. The van der Waals surface area contributed by atoms with Crippen LogP contribution in [0.25, 0.3) is 0 Å². The molecule has 0 saturated heterocycles. The molecule has 0 bridgehead atoms. The Bertz CT molecular complexity index is 120. The van der Waals surface area contributed by atoms with Gasteiger partial charge in [-0.15, -0.1) is 0 Å². The summed E-state index contributed by atoms with van der Waals surface area (Å²) in [7, 11) is 0. The van der Waals surface area contributed by atoms with Crippen molar-refractivity contribution in [2.24, 2.45) is 29.4 Å². The molecule has 0 aromatic carbocycles. The maximum Gasteiger partial charge on any atom is -0.00460 e. The summed E-state index contributed by atoms with van der Waals surface area (Å²) in [6, 6.07) is 0. The van der Waals surface area contributed by atoms with Crippen LogP contribution < -0.4 is 5.73 Å².